The van der Waals surface area contributed by atoms with Crippen molar-refractivity contribution in [2.24, 2.45) is 5.92 Å². The monoisotopic (exact) mass is 211 g/mol. The van der Waals surface area contributed by atoms with Gasteiger partial charge >= 0.3 is 0 Å². The zero-order valence-corrected chi connectivity index (χ0v) is 9.32. The molecule has 2 rings (SSSR count). The normalized spacial score (nSPS) is 33.5. The first kappa shape index (κ1) is 11.1. The Morgan fingerprint density at radius 1 is 1.27 bits per heavy atom. The number of Topliss-reactive ketones (excluding diaryl/α,β-unsaturated/α-hetero) is 1. The van der Waals surface area contributed by atoms with Gasteiger partial charge in [0, 0.05) is 24.9 Å². The SMILES string of the molecule is O=C1CCCCC1C1CCCN1CCO. The third-order valence-corrected chi connectivity index (χ3v) is 3.87. The minimum atomic E-state index is 0.220. The van der Waals surface area contributed by atoms with E-state index in [0.717, 1.165) is 38.8 Å². The van der Waals surface area contributed by atoms with Gasteiger partial charge in [-0.15, -0.1) is 0 Å². The van der Waals surface area contributed by atoms with Crippen LogP contribution in [0.4, 0.5) is 0 Å². The molecule has 0 spiro atoms. The predicted molar refractivity (Wildman–Crippen MR) is 58.6 cm³/mol. The fraction of sp³-hybridized carbons (Fsp3) is 0.917. The van der Waals surface area contributed by atoms with Crippen molar-refractivity contribution in [3.63, 3.8) is 0 Å². The second kappa shape index (κ2) is 5.08. The van der Waals surface area contributed by atoms with Gasteiger partial charge in [-0.05, 0) is 32.2 Å². The number of β-amino-alcohol motifs (C(OH)–C–C–N with tert-alkyl or cyclic N) is 1. The lowest BCUT2D eigenvalue weighted by Crippen LogP contribution is -2.41. The molecule has 0 amide bonds. The fourth-order valence-corrected chi connectivity index (χ4v) is 3.13. The number of ketones is 1. The molecule has 3 heteroatoms. The molecule has 1 saturated heterocycles. The maximum absolute atomic E-state index is 11.8. The first-order valence-corrected chi connectivity index (χ1v) is 6.20. The molecule has 1 N–H and O–H groups in total. The van der Waals surface area contributed by atoms with E-state index in [-0.39, 0.29) is 12.5 Å². The largest absolute Gasteiger partial charge is 0.395 e. The molecule has 0 bridgehead atoms. The van der Waals surface area contributed by atoms with Gasteiger partial charge in [-0.25, -0.2) is 0 Å². The minimum Gasteiger partial charge on any atom is -0.395 e. The van der Waals surface area contributed by atoms with Crippen LogP contribution in [0.1, 0.15) is 38.5 Å². The maximum Gasteiger partial charge on any atom is 0.137 e. The molecule has 0 aromatic carbocycles. The van der Waals surface area contributed by atoms with Crippen molar-refractivity contribution in [2.45, 2.75) is 44.6 Å². The predicted octanol–water partition coefficient (Wildman–Crippen LogP) is 1.20. The van der Waals surface area contributed by atoms with Crippen LogP contribution in [0.5, 0.6) is 0 Å². The molecule has 0 radical (unpaired) electrons. The summed E-state index contributed by atoms with van der Waals surface area (Å²) in [6.45, 7) is 2.03. The summed E-state index contributed by atoms with van der Waals surface area (Å²) in [6.07, 6.45) is 6.49. The quantitative estimate of drug-likeness (QED) is 0.762. The van der Waals surface area contributed by atoms with Crippen LogP contribution in [0.15, 0.2) is 0 Å². The van der Waals surface area contributed by atoms with Crippen molar-refractivity contribution in [3.05, 3.63) is 0 Å². The summed E-state index contributed by atoms with van der Waals surface area (Å²) in [6, 6.07) is 0.435. The van der Waals surface area contributed by atoms with E-state index in [9.17, 15) is 4.79 Å². The standard InChI is InChI=1S/C12H21NO2/c14-9-8-13-7-3-5-11(13)10-4-1-2-6-12(10)15/h10-11,14H,1-9H2. The van der Waals surface area contributed by atoms with Gasteiger partial charge in [-0.3, -0.25) is 9.69 Å². The summed E-state index contributed by atoms with van der Waals surface area (Å²) < 4.78 is 0. The Morgan fingerprint density at radius 3 is 2.87 bits per heavy atom. The average Bonchev–Trinajstić information content (AvgIpc) is 2.67. The smallest absolute Gasteiger partial charge is 0.137 e. The molecule has 2 aliphatic rings. The molecular formula is C12H21NO2. The van der Waals surface area contributed by atoms with Gasteiger partial charge in [0.15, 0.2) is 0 Å². The Bertz CT molecular complexity index is 230. The van der Waals surface area contributed by atoms with E-state index in [1.807, 2.05) is 0 Å². The Balaban J connectivity index is 1.98. The van der Waals surface area contributed by atoms with E-state index >= 15 is 0 Å². The van der Waals surface area contributed by atoms with Gasteiger partial charge in [0.1, 0.15) is 5.78 Å². The number of carbonyl (C=O) groups excluding carboxylic acids is 1. The molecule has 86 valence electrons. The first-order valence-electron chi connectivity index (χ1n) is 6.20. The number of nitrogens with zero attached hydrogens (tertiary/aromatic N) is 1. The third kappa shape index (κ3) is 2.40. The second-order valence-electron chi connectivity index (χ2n) is 4.79. The van der Waals surface area contributed by atoms with Gasteiger partial charge in [0.2, 0.25) is 0 Å². The fourth-order valence-electron chi connectivity index (χ4n) is 3.13. The molecule has 2 unspecified atom stereocenters. The number of aliphatic hydroxyl groups excluding tert-OH is 1. The van der Waals surface area contributed by atoms with Crippen LogP contribution in [0.25, 0.3) is 0 Å². The number of hydrogen-bond donors (Lipinski definition) is 1. The Morgan fingerprint density at radius 2 is 2.13 bits per heavy atom. The highest BCUT2D eigenvalue weighted by Gasteiger charge is 2.36. The highest BCUT2D eigenvalue weighted by molar-refractivity contribution is 5.82. The molecule has 0 aromatic heterocycles. The van der Waals surface area contributed by atoms with Crippen LogP contribution in [0.2, 0.25) is 0 Å². The van der Waals surface area contributed by atoms with Crippen LogP contribution >= 0.6 is 0 Å². The van der Waals surface area contributed by atoms with Crippen LogP contribution in [0.3, 0.4) is 0 Å². The van der Waals surface area contributed by atoms with Crippen LogP contribution < -0.4 is 0 Å². The molecule has 15 heavy (non-hydrogen) atoms. The summed E-state index contributed by atoms with van der Waals surface area (Å²) in [5.74, 6) is 0.740. The van der Waals surface area contributed by atoms with Gasteiger partial charge in [-0.2, -0.15) is 0 Å². The van der Waals surface area contributed by atoms with Crippen molar-refractivity contribution in [1.82, 2.24) is 4.90 Å². The number of rotatable bonds is 3. The van der Waals surface area contributed by atoms with E-state index in [0.29, 0.717) is 11.8 Å². The van der Waals surface area contributed by atoms with Gasteiger partial charge in [0.25, 0.3) is 0 Å². The van der Waals surface area contributed by atoms with Crippen molar-refractivity contribution >= 4 is 5.78 Å². The van der Waals surface area contributed by atoms with E-state index in [4.69, 9.17) is 5.11 Å². The van der Waals surface area contributed by atoms with Crippen LogP contribution in [0, 0.1) is 5.92 Å². The summed E-state index contributed by atoms with van der Waals surface area (Å²) in [4.78, 5) is 14.2. The van der Waals surface area contributed by atoms with Crippen molar-refractivity contribution in [1.29, 1.82) is 0 Å². The van der Waals surface area contributed by atoms with Crippen LogP contribution in [-0.2, 0) is 4.79 Å². The maximum atomic E-state index is 11.8. The Hall–Kier alpha value is -0.410. The molecule has 2 atom stereocenters. The Kier molecular flexibility index (Phi) is 3.76. The summed E-state index contributed by atoms with van der Waals surface area (Å²) in [5, 5.41) is 8.98. The van der Waals surface area contributed by atoms with Gasteiger partial charge in [-0.1, -0.05) is 6.42 Å². The summed E-state index contributed by atoms with van der Waals surface area (Å²) in [5.41, 5.74) is 0. The number of aliphatic hydroxyl groups is 1. The van der Waals surface area contributed by atoms with Crippen molar-refractivity contribution in [3.8, 4) is 0 Å². The highest BCUT2D eigenvalue weighted by Crippen LogP contribution is 2.31. The van der Waals surface area contributed by atoms with E-state index in [1.54, 1.807) is 0 Å². The molecule has 1 saturated carbocycles. The summed E-state index contributed by atoms with van der Waals surface area (Å²) >= 11 is 0. The van der Waals surface area contributed by atoms with Crippen molar-refractivity contribution < 1.29 is 9.90 Å². The molecule has 1 aliphatic carbocycles. The molecule has 0 aromatic rings. The lowest BCUT2D eigenvalue weighted by Gasteiger charge is -2.32. The number of carbonyl (C=O) groups is 1. The molecule has 2 fully saturated rings. The first-order chi connectivity index (χ1) is 7.33. The zero-order chi connectivity index (χ0) is 10.7. The lowest BCUT2D eigenvalue weighted by molar-refractivity contribution is -0.126. The molecular weight excluding hydrogens is 190 g/mol. The second-order valence-corrected chi connectivity index (χ2v) is 4.79. The van der Waals surface area contributed by atoms with Gasteiger partial charge < -0.3 is 5.11 Å². The molecule has 1 heterocycles. The topological polar surface area (TPSA) is 40.5 Å². The molecule has 1 aliphatic heterocycles. The highest BCUT2D eigenvalue weighted by atomic mass is 16.3. The lowest BCUT2D eigenvalue weighted by atomic mass is 9.82. The van der Waals surface area contributed by atoms with Crippen LogP contribution in [-0.4, -0.2) is 41.5 Å². The summed E-state index contributed by atoms with van der Waals surface area (Å²) in [7, 11) is 0. The molecule has 3 nitrogen and oxygen atoms in total. The average molecular weight is 211 g/mol. The third-order valence-electron chi connectivity index (χ3n) is 3.87. The van der Waals surface area contributed by atoms with Gasteiger partial charge in [0.05, 0.1) is 6.61 Å². The van der Waals surface area contributed by atoms with E-state index in [2.05, 4.69) is 4.90 Å². The number of likely N-dealkylation sites (tertiary alicyclic amines) is 1. The van der Waals surface area contributed by atoms with Crippen molar-refractivity contribution in [2.75, 3.05) is 19.7 Å². The zero-order valence-electron chi connectivity index (χ0n) is 9.32. The van der Waals surface area contributed by atoms with E-state index in [1.165, 1.54) is 12.8 Å². The minimum absolute atomic E-state index is 0.220. The van der Waals surface area contributed by atoms with E-state index < -0.39 is 0 Å². The Labute approximate surface area is 91.5 Å². The number of hydrogen-bond acceptors (Lipinski definition) is 3.